The van der Waals surface area contributed by atoms with E-state index in [4.69, 9.17) is 19.9 Å². The third-order valence-corrected chi connectivity index (χ3v) is 7.88. The highest BCUT2D eigenvalue weighted by Crippen LogP contribution is 2.66. The maximum absolute atomic E-state index is 15.0. The van der Waals surface area contributed by atoms with Gasteiger partial charge in [-0.05, 0) is 19.4 Å². The first-order valence-electron chi connectivity index (χ1n) is 11.1. The second kappa shape index (κ2) is 8.99. The van der Waals surface area contributed by atoms with Crippen molar-refractivity contribution in [3.63, 3.8) is 0 Å². The molecule has 9 nitrogen and oxygen atoms in total. The van der Waals surface area contributed by atoms with Gasteiger partial charge in [-0.1, -0.05) is 11.8 Å². The molecule has 1 aliphatic carbocycles. The van der Waals surface area contributed by atoms with E-state index >= 15 is 4.39 Å². The van der Waals surface area contributed by atoms with Gasteiger partial charge in [0.1, 0.15) is 5.69 Å². The lowest BCUT2D eigenvalue weighted by Crippen LogP contribution is -2.38. The Morgan fingerprint density at radius 1 is 1.31 bits per heavy atom. The fourth-order valence-electron chi connectivity index (χ4n) is 4.65. The van der Waals surface area contributed by atoms with Crippen molar-refractivity contribution in [2.24, 2.45) is 22.6 Å². The van der Waals surface area contributed by atoms with Crippen molar-refractivity contribution in [3.05, 3.63) is 47.4 Å². The van der Waals surface area contributed by atoms with Crippen molar-refractivity contribution in [2.75, 3.05) is 38.9 Å². The number of hydrogen-bond donors (Lipinski definition) is 2. The molecular weight excluding hydrogens is 480 g/mol. The quantitative estimate of drug-likeness (QED) is 0.562. The summed E-state index contributed by atoms with van der Waals surface area (Å²) in [7, 11) is 1.59. The average Bonchev–Trinajstić information content (AvgIpc) is 3.50. The zero-order valence-electron chi connectivity index (χ0n) is 19.2. The van der Waals surface area contributed by atoms with Crippen LogP contribution < -0.4 is 15.8 Å². The highest BCUT2D eigenvalue weighted by molar-refractivity contribution is 8.15. The largest absolute Gasteiger partial charge is 0.476 e. The average molecular weight is 506 g/mol. The molecule has 3 aliphatic rings. The molecule has 5 rings (SSSR count). The maximum atomic E-state index is 15.0. The fourth-order valence-corrected chi connectivity index (χ4v) is 6.10. The van der Waals surface area contributed by atoms with Crippen molar-refractivity contribution < 1.29 is 27.8 Å². The first-order valence-corrected chi connectivity index (χ1v) is 11.9. The predicted molar refractivity (Wildman–Crippen MR) is 125 cm³/mol. The fraction of sp³-hybridized carbons (Fsp3) is 0.478. The lowest BCUT2D eigenvalue weighted by atomic mass is 9.85. The topological polar surface area (TPSA) is 121 Å². The molecule has 0 radical (unpaired) electrons. The Morgan fingerprint density at radius 3 is 2.77 bits per heavy atom. The number of methoxy groups -OCH3 is 1. The summed E-state index contributed by atoms with van der Waals surface area (Å²) in [5.41, 5.74) is 5.05. The summed E-state index contributed by atoms with van der Waals surface area (Å²) in [6, 6.07) is 2.32. The van der Waals surface area contributed by atoms with Crippen LogP contribution in [0.4, 0.5) is 14.5 Å². The van der Waals surface area contributed by atoms with Crippen LogP contribution in [0.2, 0.25) is 0 Å². The number of thioether (sulfide) groups is 1. The number of aromatic nitrogens is 2. The van der Waals surface area contributed by atoms with Crippen LogP contribution in [0.1, 0.15) is 29.4 Å². The van der Waals surface area contributed by atoms with Gasteiger partial charge in [-0.2, -0.15) is 0 Å². The first-order chi connectivity index (χ1) is 16.7. The monoisotopic (exact) mass is 505 g/mol. The molecule has 0 bridgehead atoms. The molecule has 1 saturated carbocycles. The van der Waals surface area contributed by atoms with E-state index in [9.17, 15) is 9.18 Å². The SMILES string of the molecule is COC[C@]12C[C@H]1[C@](C)(c1cc(NC(=O)c3cnc(OCC4COC4)cn3)cc(F)c1F)N=C(N)S2. The molecule has 2 aliphatic heterocycles. The van der Waals surface area contributed by atoms with Crippen molar-refractivity contribution in [2.45, 2.75) is 23.6 Å². The molecule has 2 fully saturated rings. The Hall–Kier alpha value is -2.83. The molecule has 1 saturated heterocycles. The van der Waals surface area contributed by atoms with Gasteiger partial charge in [0.2, 0.25) is 5.88 Å². The van der Waals surface area contributed by atoms with Crippen LogP contribution in [0.3, 0.4) is 0 Å². The molecule has 1 aromatic heterocycles. The lowest BCUT2D eigenvalue weighted by molar-refractivity contribution is -0.0514. The van der Waals surface area contributed by atoms with E-state index in [1.165, 1.54) is 30.2 Å². The summed E-state index contributed by atoms with van der Waals surface area (Å²) in [5.74, 6) is -2.24. The molecule has 2 aromatic rings. The smallest absolute Gasteiger partial charge is 0.275 e. The number of fused-ring (bicyclic) bond motifs is 1. The number of nitrogens with one attached hydrogen (secondary N) is 1. The van der Waals surface area contributed by atoms with Gasteiger partial charge >= 0.3 is 0 Å². The molecule has 0 spiro atoms. The number of amidine groups is 1. The number of anilines is 1. The normalized spacial score (nSPS) is 27.4. The molecule has 1 amide bonds. The van der Waals surface area contributed by atoms with Crippen LogP contribution in [0, 0.1) is 23.5 Å². The minimum absolute atomic E-state index is 0.000501. The van der Waals surface area contributed by atoms with Gasteiger partial charge in [0.05, 0.1) is 49.1 Å². The number of hydrogen-bond acceptors (Lipinski definition) is 9. The molecule has 3 atom stereocenters. The molecule has 0 unspecified atom stereocenters. The Labute approximate surface area is 204 Å². The molecular formula is C23H25F2N5O4S. The first kappa shape index (κ1) is 23.9. The summed E-state index contributed by atoms with van der Waals surface area (Å²) in [5, 5.41) is 2.86. The second-order valence-corrected chi connectivity index (χ2v) is 10.6. The Morgan fingerprint density at radius 2 is 2.11 bits per heavy atom. The second-order valence-electron chi connectivity index (χ2n) is 9.18. The number of rotatable bonds is 8. The summed E-state index contributed by atoms with van der Waals surface area (Å²) < 4.78 is 45.3. The zero-order valence-corrected chi connectivity index (χ0v) is 20.0. The molecule has 35 heavy (non-hydrogen) atoms. The van der Waals surface area contributed by atoms with Crippen LogP contribution >= 0.6 is 11.8 Å². The minimum Gasteiger partial charge on any atom is -0.476 e. The highest BCUT2D eigenvalue weighted by Gasteiger charge is 2.66. The summed E-state index contributed by atoms with van der Waals surface area (Å²) in [4.78, 5) is 25.4. The number of nitrogens with two attached hydrogens (primary N) is 1. The van der Waals surface area contributed by atoms with E-state index < -0.39 is 23.1 Å². The Kier molecular flexibility index (Phi) is 6.14. The standard InChI is InChI=1S/C23H25F2N5O4S/c1-22(17-5-23(17,11-32-2)35-21(26)30-22)14-3-13(4-15(24)19(14)25)29-20(31)16-6-28-18(7-27-16)34-10-12-8-33-9-12/h3-4,6-7,12,17H,5,8-11H2,1-2H3,(H2,26,30)(H,29,31)/t17-,22-,23+/m0/s1. The molecule has 12 heteroatoms. The summed E-state index contributed by atoms with van der Waals surface area (Å²) in [6.45, 7) is 3.89. The number of halogens is 2. The maximum Gasteiger partial charge on any atom is 0.275 e. The molecule has 3 heterocycles. The third kappa shape index (κ3) is 4.45. The van der Waals surface area contributed by atoms with Crippen molar-refractivity contribution in [3.8, 4) is 5.88 Å². The number of carbonyl (C=O) groups is 1. The van der Waals surface area contributed by atoms with E-state index in [1.807, 2.05) is 0 Å². The van der Waals surface area contributed by atoms with Crippen molar-refractivity contribution >= 4 is 28.5 Å². The Balaban J connectivity index is 1.35. The van der Waals surface area contributed by atoms with Gasteiger partial charge < -0.3 is 25.3 Å². The van der Waals surface area contributed by atoms with Gasteiger partial charge in [-0.3, -0.25) is 9.79 Å². The molecule has 186 valence electrons. The lowest BCUT2D eigenvalue weighted by Gasteiger charge is -2.34. The summed E-state index contributed by atoms with van der Waals surface area (Å²) >= 11 is 1.40. The number of ether oxygens (including phenoxy) is 3. The van der Waals surface area contributed by atoms with E-state index in [-0.39, 0.29) is 38.7 Å². The molecule has 1 aromatic carbocycles. The third-order valence-electron chi connectivity index (χ3n) is 6.61. The van der Waals surface area contributed by atoms with Crippen LogP contribution in [-0.2, 0) is 15.0 Å². The van der Waals surface area contributed by atoms with Gasteiger partial charge in [-0.25, -0.2) is 18.7 Å². The van der Waals surface area contributed by atoms with Crippen LogP contribution in [0.25, 0.3) is 0 Å². The van der Waals surface area contributed by atoms with E-state index in [2.05, 4.69) is 20.3 Å². The minimum atomic E-state index is -1.11. The highest BCUT2D eigenvalue weighted by atomic mass is 32.2. The van der Waals surface area contributed by atoms with Crippen molar-refractivity contribution in [1.82, 2.24) is 9.97 Å². The van der Waals surface area contributed by atoms with Gasteiger partial charge in [0, 0.05) is 36.3 Å². The number of benzene rings is 1. The predicted octanol–water partition coefficient (Wildman–Crippen LogP) is 2.71. The van der Waals surface area contributed by atoms with Gasteiger partial charge in [0.15, 0.2) is 16.8 Å². The summed E-state index contributed by atoms with van der Waals surface area (Å²) in [6.07, 6.45) is 3.30. The number of carbonyl (C=O) groups excluding carboxylic acids is 1. The number of amides is 1. The van der Waals surface area contributed by atoms with Crippen molar-refractivity contribution in [1.29, 1.82) is 0 Å². The van der Waals surface area contributed by atoms with Crippen LogP contribution in [0.5, 0.6) is 5.88 Å². The Bertz CT molecular complexity index is 1180. The van der Waals surface area contributed by atoms with E-state index in [1.54, 1.807) is 14.0 Å². The number of nitrogens with zero attached hydrogens (tertiary/aromatic N) is 3. The number of aliphatic imine (C=N–C) groups is 1. The van der Waals surface area contributed by atoms with E-state index in [0.29, 0.717) is 38.8 Å². The van der Waals surface area contributed by atoms with Crippen LogP contribution in [-0.4, -0.2) is 59.3 Å². The van der Waals surface area contributed by atoms with Crippen LogP contribution in [0.15, 0.2) is 29.5 Å². The van der Waals surface area contributed by atoms with E-state index in [0.717, 1.165) is 6.07 Å². The zero-order chi connectivity index (χ0) is 24.8. The molecule has 3 N–H and O–H groups in total. The van der Waals surface area contributed by atoms with Gasteiger partial charge in [-0.15, -0.1) is 0 Å². The van der Waals surface area contributed by atoms with Gasteiger partial charge in [0.25, 0.3) is 5.91 Å².